The molecule has 2 heterocycles. The van der Waals surface area contributed by atoms with Crippen molar-refractivity contribution in [3.8, 4) is 0 Å². The van der Waals surface area contributed by atoms with Crippen molar-refractivity contribution in [3.05, 3.63) is 21.9 Å². The molecule has 6 heteroatoms. The van der Waals surface area contributed by atoms with E-state index < -0.39 is 5.54 Å². The Hall–Kier alpha value is -0.980. The number of carbonyl (C=O) groups is 1. The van der Waals surface area contributed by atoms with Crippen LogP contribution in [0.3, 0.4) is 0 Å². The second-order valence-electron chi connectivity index (χ2n) is 5.32. The molecule has 4 nitrogen and oxygen atoms in total. The van der Waals surface area contributed by atoms with Gasteiger partial charge in [0.2, 0.25) is 0 Å². The average molecular weight is 311 g/mol. The largest absolute Gasteiger partial charge is 0.391 e. The number of hydrogen-bond acceptors (Lipinski definition) is 4. The normalized spacial score (nSPS) is 18.7. The number of rotatable bonds is 4. The Balaban J connectivity index is 2.12. The summed E-state index contributed by atoms with van der Waals surface area (Å²) in [7, 11) is 2.07. The lowest BCUT2D eigenvalue weighted by atomic mass is 9.87. The van der Waals surface area contributed by atoms with E-state index in [2.05, 4.69) is 24.2 Å². The van der Waals surface area contributed by atoms with Gasteiger partial charge in [0, 0.05) is 18.0 Å². The van der Waals surface area contributed by atoms with E-state index in [1.165, 1.54) is 16.2 Å². The monoisotopic (exact) mass is 311 g/mol. The molecule has 0 saturated carbocycles. The molecule has 1 aliphatic heterocycles. The first-order valence-electron chi connectivity index (χ1n) is 6.86. The molecule has 0 spiro atoms. The van der Waals surface area contributed by atoms with Crippen molar-refractivity contribution in [2.45, 2.75) is 31.7 Å². The van der Waals surface area contributed by atoms with Crippen LogP contribution in [-0.2, 0) is 6.42 Å². The lowest BCUT2D eigenvalue weighted by molar-refractivity contribution is 0.0894. The Labute approximate surface area is 129 Å². The maximum Gasteiger partial charge on any atom is 0.262 e. The van der Waals surface area contributed by atoms with E-state index in [-0.39, 0.29) is 5.91 Å². The molecule has 0 atom stereocenters. The maximum absolute atomic E-state index is 12.4. The zero-order valence-electron chi connectivity index (χ0n) is 11.9. The van der Waals surface area contributed by atoms with Crippen LogP contribution in [0.5, 0.6) is 0 Å². The molecule has 1 aromatic heterocycles. The van der Waals surface area contributed by atoms with Gasteiger partial charge in [0.05, 0.1) is 15.4 Å². The molecule has 2 rings (SSSR count). The van der Waals surface area contributed by atoms with Gasteiger partial charge in [-0.1, -0.05) is 19.1 Å². The number of aryl methyl sites for hydroxylation is 1. The smallest absolute Gasteiger partial charge is 0.262 e. The number of thiophene rings is 1. The van der Waals surface area contributed by atoms with Crippen LogP contribution >= 0.6 is 23.6 Å². The van der Waals surface area contributed by atoms with Crippen LogP contribution in [-0.4, -0.2) is 41.5 Å². The molecule has 1 aromatic rings. The second kappa shape index (κ2) is 6.20. The number of likely N-dealkylation sites (tertiary alicyclic amines) is 1. The predicted octanol–water partition coefficient (Wildman–Crippen LogP) is 1.79. The summed E-state index contributed by atoms with van der Waals surface area (Å²) < 4.78 is 0. The van der Waals surface area contributed by atoms with Crippen LogP contribution < -0.4 is 11.1 Å². The lowest BCUT2D eigenvalue weighted by Crippen LogP contribution is -2.61. The highest BCUT2D eigenvalue weighted by molar-refractivity contribution is 7.80. The first-order chi connectivity index (χ1) is 9.47. The van der Waals surface area contributed by atoms with Gasteiger partial charge in [-0.3, -0.25) is 4.79 Å². The molecule has 0 bridgehead atoms. The molecule has 0 radical (unpaired) electrons. The van der Waals surface area contributed by atoms with E-state index in [0.717, 1.165) is 37.2 Å². The molecule has 20 heavy (non-hydrogen) atoms. The summed E-state index contributed by atoms with van der Waals surface area (Å²) in [5, 5.41) is 3.08. The van der Waals surface area contributed by atoms with Gasteiger partial charge in [0.25, 0.3) is 5.91 Å². The highest BCUT2D eigenvalue weighted by Gasteiger charge is 2.38. The van der Waals surface area contributed by atoms with Crippen molar-refractivity contribution in [2.24, 2.45) is 5.73 Å². The SMILES string of the molecule is CCc1ccc(C(=O)NC2(C(N)=S)CCN(C)CC2)s1. The van der Waals surface area contributed by atoms with Crippen LogP contribution in [0, 0.1) is 0 Å². The number of carbonyl (C=O) groups excluding carboxylic acids is 1. The molecule has 110 valence electrons. The third-order valence-corrected chi connectivity index (χ3v) is 5.52. The van der Waals surface area contributed by atoms with E-state index in [9.17, 15) is 4.79 Å². The minimum absolute atomic E-state index is 0.0629. The van der Waals surface area contributed by atoms with Gasteiger partial charge in [-0.15, -0.1) is 11.3 Å². The summed E-state index contributed by atoms with van der Waals surface area (Å²) in [6.45, 7) is 3.87. The molecular formula is C14H21N3OS2. The third kappa shape index (κ3) is 3.19. The van der Waals surface area contributed by atoms with Crippen molar-refractivity contribution in [2.75, 3.05) is 20.1 Å². The minimum Gasteiger partial charge on any atom is -0.391 e. The van der Waals surface area contributed by atoms with Gasteiger partial charge in [0.15, 0.2) is 0 Å². The van der Waals surface area contributed by atoms with Crippen molar-refractivity contribution in [3.63, 3.8) is 0 Å². The Morgan fingerprint density at radius 1 is 1.50 bits per heavy atom. The molecule has 1 aliphatic rings. The topological polar surface area (TPSA) is 58.4 Å². The van der Waals surface area contributed by atoms with Crippen molar-refractivity contribution < 1.29 is 4.79 Å². The Kier molecular flexibility index (Phi) is 4.78. The van der Waals surface area contributed by atoms with Crippen LogP contribution in [0.25, 0.3) is 0 Å². The van der Waals surface area contributed by atoms with Gasteiger partial charge in [-0.25, -0.2) is 0 Å². The Morgan fingerprint density at radius 2 is 2.15 bits per heavy atom. The fourth-order valence-corrected chi connectivity index (χ4v) is 3.50. The number of amides is 1. The molecule has 0 aliphatic carbocycles. The molecule has 1 fully saturated rings. The second-order valence-corrected chi connectivity index (χ2v) is 6.93. The molecule has 1 amide bonds. The third-order valence-electron chi connectivity index (χ3n) is 3.90. The van der Waals surface area contributed by atoms with Crippen LogP contribution in [0.4, 0.5) is 0 Å². The standard InChI is InChI=1S/C14H21N3OS2/c1-3-10-4-5-11(20-10)12(18)16-14(13(15)19)6-8-17(2)9-7-14/h4-5H,3,6-9H2,1-2H3,(H2,15,19)(H,16,18). The van der Waals surface area contributed by atoms with E-state index in [1.54, 1.807) is 0 Å². The highest BCUT2D eigenvalue weighted by Crippen LogP contribution is 2.24. The lowest BCUT2D eigenvalue weighted by Gasteiger charge is -2.40. The molecular weight excluding hydrogens is 290 g/mol. The van der Waals surface area contributed by atoms with E-state index >= 15 is 0 Å². The summed E-state index contributed by atoms with van der Waals surface area (Å²) in [6.07, 6.45) is 2.50. The molecule has 0 unspecified atom stereocenters. The number of hydrogen-bond donors (Lipinski definition) is 2. The van der Waals surface area contributed by atoms with Crippen molar-refractivity contribution in [1.82, 2.24) is 10.2 Å². The summed E-state index contributed by atoms with van der Waals surface area (Å²) in [4.78, 5) is 17.0. The Bertz CT molecular complexity index is 504. The number of nitrogens with one attached hydrogen (secondary N) is 1. The highest BCUT2D eigenvalue weighted by atomic mass is 32.1. The van der Waals surface area contributed by atoms with E-state index in [0.29, 0.717) is 4.99 Å². The first-order valence-corrected chi connectivity index (χ1v) is 8.09. The van der Waals surface area contributed by atoms with Gasteiger partial charge < -0.3 is 16.0 Å². The quantitative estimate of drug-likeness (QED) is 0.833. The number of nitrogens with two attached hydrogens (primary N) is 1. The number of thiocarbonyl (C=S) groups is 1. The van der Waals surface area contributed by atoms with Crippen LogP contribution in [0.15, 0.2) is 12.1 Å². The van der Waals surface area contributed by atoms with Gasteiger partial charge in [-0.05, 0) is 38.4 Å². The zero-order chi connectivity index (χ0) is 14.8. The van der Waals surface area contributed by atoms with Crippen molar-refractivity contribution >= 4 is 34.5 Å². The summed E-state index contributed by atoms with van der Waals surface area (Å²) >= 11 is 6.74. The van der Waals surface area contributed by atoms with Crippen LogP contribution in [0.1, 0.15) is 34.3 Å². The maximum atomic E-state index is 12.4. The molecule has 3 N–H and O–H groups in total. The molecule has 0 aromatic carbocycles. The summed E-state index contributed by atoms with van der Waals surface area (Å²) in [6, 6.07) is 3.88. The number of piperidine rings is 1. The fraction of sp³-hybridized carbons (Fsp3) is 0.571. The minimum atomic E-state index is -0.532. The summed E-state index contributed by atoms with van der Waals surface area (Å²) in [5.41, 5.74) is 5.37. The molecule has 1 saturated heterocycles. The zero-order valence-corrected chi connectivity index (χ0v) is 13.6. The number of nitrogens with zero attached hydrogens (tertiary/aromatic N) is 1. The van der Waals surface area contributed by atoms with Gasteiger partial charge >= 0.3 is 0 Å². The Morgan fingerprint density at radius 3 is 2.65 bits per heavy atom. The van der Waals surface area contributed by atoms with E-state index in [1.807, 2.05) is 12.1 Å². The predicted molar refractivity (Wildman–Crippen MR) is 87.4 cm³/mol. The van der Waals surface area contributed by atoms with Gasteiger partial charge in [0.1, 0.15) is 0 Å². The fourth-order valence-electron chi connectivity index (χ4n) is 2.40. The van der Waals surface area contributed by atoms with Crippen molar-refractivity contribution in [1.29, 1.82) is 0 Å². The summed E-state index contributed by atoms with van der Waals surface area (Å²) in [5.74, 6) is -0.0629. The average Bonchev–Trinajstić information content (AvgIpc) is 2.90. The van der Waals surface area contributed by atoms with E-state index in [4.69, 9.17) is 18.0 Å². The van der Waals surface area contributed by atoms with Crippen LogP contribution in [0.2, 0.25) is 0 Å². The first kappa shape index (κ1) is 15.4. The van der Waals surface area contributed by atoms with Gasteiger partial charge in [-0.2, -0.15) is 0 Å².